The molecule has 9 heteroatoms. The zero-order valence-electron chi connectivity index (χ0n) is 19.9. The third-order valence-corrected chi connectivity index (χ3v) is 5.82. The highest BCUT2D eigenvalue weighted by atomic mass is 19.1. The average Bonchev–Trinajstić information content (AvgIpc) is 3.41. The predicted octanol–water partition coefficient (Wildman–Crippen LogP) is 6.58. The SMILES string of the molecule is Cc1cc(Oc2ccnc(Nc3cccc(CCC4=NN=NC4)c3F)c2)c(-c2ccccn2)nc1C. The van der Waals surface area contributed by atoms with Crippen molar-refractivity contribution in [3.63, 3.8) is 0 Å². The molecule has 8 nitrogen and oxygen atoms in total. The first kappa shape index (κ1) is 23.2. The van der Waals surface area contributed by atoms with E-state index < -0.39 is 0 Å². The van der Waals surface area contributed by atoms with Crippen LogP contribution in [-0.2, 0) is 6.42 Å². The average molecular weight is 482 g/mol. The number of anilines is 2. The van der Waals surface area contributed by atoms with Crippen LogP contribution in [0.4, 0.5) is 15.9 Å². The van der Waals surface area contributed by atoms with Crippen molar-refractivity contribution < 1.29 is 9.13 Å². The first-order valence-electron chi connectivity index (χ1n) is 11.6. The molecule has 0 saturated heterocycles. The minimum absolute atomic E-state index is 0.325. The molecule has 0 aliphatic carbocycles. The van der Waals surface area contributed by atoms with E-state index in [0.717, 1.165) is 17.0 Å². The first-order chi connectivity index (χ1) is 17.6. The Balaban J connectivity index is 1.36. The third-order valence-electron chi connectivity index (χ3n) is 5.82. The summed E-state index contributed by atoms with van der Waals surface area (Å²) in [6.07, 6.45) is 4.45. The van der Waals surface area contributed by atoms with Gasteiger partial charge in [-0.3, -0.25) is 4.98 Å². The molecule has 0 radical (unpaired) electrons. The van der Waals surface area contributed by atoms with Gasteiger partial charge in [0.05, 0.1) is 17.1 Å². The van der Waals surface area contributed by atoms with Crippen LogP contribution in [0.5, 0.6) is 11.5 Å². The van der Waals surface area contributed by atoms with Gasteiger partial charge >= 0.3 is 0 Å². The number of pyridine rings is 3. The fourth-order valence-electron chi connectivity index (χ4n) is 3.77. The molecule has 0 bridgehead atoms. The molecule has 0 amide bonds. The number of hydrogen-bond donors (Lipinski definition) is 1. The standard InChI is InChI=1S/C27H24FN7O/c1-17-14-24(27(32-18(17)2)23-7-3-4-12-29-23)36-21-11-13-30-25(15-21)33-22-8-5-6-19(26(22)28)9-10-20-16-31-35-34-20/h3-8,11-15H,9-10,16H2,1-2H3,(H,30,33). The van der Waals surface area contributed by atoms with Gasteiger partial charge in [-0.05, 0) is 73.4 Å². The highest BCUT2D eigenvalue weighted by molar-refractivity contribution is 5.87. The van der Waals surface area contributed by atoms with Crippen molar-refractivity contribution in [2.45, 2.75) is 26.7 Å². The van der Waals surface area contributed by atoms with Crippen molar-refractivity contribution >= 4 is 17.2 Å². The molecule has 36 heavy (non-hydrogen) atoms. The second-order valence-electron chi connectivity index (χ2n) is 8.39. The van der Waals surface area contributed by atoms with Gasteiger partial charge in [-0.15, -0.1) is 5.10 Å². The molecule has 0 fully saturated rings. The van der Waals surface area contributed by atoms with Gasteiger partial charge in [-0.25, -0.2) is 14.4 Å². The summed E-state index contributed by atoms with van der Waals surface area (Å²) in [6, 6.07) is 16.3. The molecule has 1 N–H and O–H groups in total. The van der Waals surface area contributed by atoms with Crippen molar-refractivity contribution in [2.24, 2.45) is 15.4 Å². The molecule has 1 aliphatic heterocycles. The van der Waals surface area contributed by atoms with Crippen LogP contribution >= 0.6 is 0 Å². The number of hydrogen-bond acceptors (Lipinski definition) is 8. The van der Waals surface area contributed by atoms with Crippen LogP contribution in [0.25, 0.3) is 11.4 Å². The molecular weight excluding hydrogens is 457 g/mol. The molecular formula is C27H24FN7O. The maximum absolute atomic E-state index is 15.2. The summed E-state index contributed by atoms with van der Waals surface area (Å²) in [5, 5.41) is 14.5. The largest absolute Gasteiger partial charge is 0.455 e. The number of halogens is 1. The number of aryl methyl sites for hydroxylation is 3. The van der Waals surface area contributed by atoms with Gasteiger partial charge in [-0.2, -0.15) is 5.11 Å². The Labute approximate surface area is 208 Å². The molecule has 4 heterocycles. The van der Waals surface area contributed by atoms with Crippen LogP contribution in [0.2, 0.25) is 0 Å². The predicted molar refractivity (Wildman–Crippen MR) is 136 cm³/mol. The summed E-state index contributed by atoms with van der Waals surface area (Å²) in [5.74, 6) is 1.25. The Hall–Kier alpha value is -4.53. The van der Waals surface area contributed by atoms with Crippen LogP contribution in [-0.4, -0.2) is 27.2 Å². The summed E-state index contributed by atoms with van der Waals surface area (Å²) in [7, 11) is 0. The Kier molecular flexibility index (Phi) is 6.70. The fourth-order valence-corrected chi connectivity index (χ4v) is 3.77. The van der Waals surface area contributed by atoms with E-state index in [1.165, 1.54) is 0 Å². The monoisotopic (exact) mass is 481 g/mol. The second-order valence-corrected chi connectivity index (χ2v) is 8.39. The van der Waals surface area contributed by atoms with Crippen LogP contribution in [0, 0.1) is 19.7 Å². The molecule has 0 atom stereocenters. The van der Waals surface area contributed by atoms with E-state index in [4.69, 9.17) is 9.72 Å². The van der Waals surface area contributed by atoms with E-state index in [1.807, 2.05) is 44.2 Å². The van der Waals surface area contributed by atoms with Gasteiger partial charge in [0.15, 0.2) is 5.75 Å². The molecule has 180 valence electrons. The Morgan fingerprint density at radius 2 is 1.89 bits per heavy atom. The molecule has 0 saturated carbocycles. The zero-order chi connectivity index (χ0) is 24.9. The molecule has 0 unspecified atom stereocenters. The van der Waals surface area contributed by atoms with E-state index in [2.05, 4.69) is 30.7 Å². The summed E-state index contributed by atoms with van der Waals surface area (Å²) in [5.41, 5.74) is 5.04. The quantitative estimate of drug-likeness (QED) is 0.306. The number of rotatable bonds is 8. The van der Waals surface area contributed by atoms with Crippen LogP contribution < -0.4 is 10.1 Å². The minimum Gasteiger partial charge on any atom is -0.455 e. The van der Waals surface area contributed by atoms with Crippen LogP contribution in [0.3, 0.4) is 0 Å². The van der Waals surface area contributed by atoms with Gasteiger partial charge in [0.2, 0.25) is 0 Å². The Morgan fingerprint density at radius 3 is 2.69 bits per heavy atom. The number of nitrogens with zero attached hydrogens (tertiary/aromatic N) is 6. The Morgan fingerprint density at radius 1 is 0.972 bits per heavy atom. The summed E-state index contributed by atoms with van der Waals surface area (Å²) in [6.45, 7) is 4.42. The highest BCUT2D eigenvalue weighted by Crippen LogP contribution is 2.33. The maximum Gasteiger partial charge on any atom is 0.155 e. The third kappa shape index (κ3) is 5.25. The molecule has 0 spiro atoms. The van der Waals surface area contributed by atoms with Crippen LogP contribution in [0.1, 0.15) is 23.2 Å². The zero-order valence-corrected chi connectivity index (χ0v) is 19.9. The van der Waals surface area contributed by atoms with E-state index >= 15 is 4.39 Å². The van der Waals surface area contributed by atoms with Crippen molar-refractivity contribution in [1.29, 1.82) is 0 Å². The molecule has 3 aromatic heterocycles. The van der Waals surface area contributed by atoms with Gasteiger partial charge in [-0.1, -0.05) is 18.2 Å². The van der Waals surface area contributed by atoms with Gasteiger partial charge in [0.25, 0.3) is 0 Å². The van der Waals surface area contributed by atoms with E-state index in [-0.39, 0.29) is 5.82 Å². The number of benzene rings is 1. The first-order valence-corrected chi connectivity index (χ1v) is 11.6. The van der Waals surface area contributed by atoms with E-state index in [0.29, 0.717) is 59.3 Å². The summed E-state index contributed by atoms with van der Waals surface area (Å²) < 4.78 is 21.4. The summed E-state index contributed by atoms with van der Waals surface area (Å²) >= 11 is 0. The normalized spacial score (nSPS) is 12.5. The minimum atomic E-state index is -0.325. The van der Waals surface area contributed by atoms with Crippen molar-refractivity contribution in [1.82, 2.24) is 15.0 Å². The number of ether oxygens (including phenoxy) is 1. The highest BCUT2D eigenvalue weighted by Gasteiger charge is 2.15. The second kappa shape index (κ2) is 10.4. The summed E-state index contributed by atoms with van der Waals surface area (Å²) in [4.78, 5) is 13.5. The lowest BCUT2D eigenvalue weighted by molar-refractivity contribution is 0.481. The molecule has 5 rings (SSSR count). The van der Waals surface area contributed by atoms with E-state index in [9.17, 15) is 0 Å². The van der Waals surface area contributed by atoms with Gasteiger partial charge in [0.1, 0.15) is 29.6 Å². The topological polar surface area (TPSA) is 97.0 Å². The van der Waals surface area contributed by atoms with Gasteiger partial charge < -0.3 is 10.1 Å². The van der Waals surface area contributed by atoms with Gasteiger partial charge in [0, 0.05) is 24.2 Å². The Bertz CT molecular complexity index is 1450. The lowest BCUT2D eigenvalue weighted by Crippen LogP contribution is -2.04. The lowest BCUT2D eigenvalue weighted by Gasteiger charge is -2.14. The lowest BCUT2D eigenvalue weighted by atomic mass is 10.1. The fraction of sp³-hybridized carbons (Fsp3) is 0.185. The maximum atomic E-state index is 15.2. The smallest absolute Gasteiger partial charge is 0.155 e. The van der Waals surface area contributed by atoms with Crippen molar-refractivity contribution in [3.8, 4) is 22.9 Å². The van der Waals surface area contributed by atoms with E-state index in [1.54, 1.807) is 36.7 Å². The van der Waals surface area contributed by atoms with Crippen LogP contribution in [0.15, 0.2) is 82.4 Å². The molecule has 1 aromatic carbocycles. The molecule has 4 aromatic rings. The number of aromatic nitrogens is 3. The van der Waals surface area contributed by atoms with Crippen molar-refractivity contribution in [2.75, 3.05) is 11.9 Å². The molecule has 1 aliphatic rings. The number of nitrogens with one attached hydrogen (secondary N) is 1. The van der Waals surface area contributed by atoms with Crippen molar-refractivity contribution in [3.05, 3.63) is 89.6 Å².